The van der Waals surface area contributed by atoms with Crippen molar-refractivity contribution in [2.45, 2.75) is 71.9 Å². The first-order valence-electron chi connectivity index (χ1n) is 6.83. The van der Waals surface area contributed by atoms with Gasteiger partial charge in [-0.05, 0) is 55.2 Å². The second kappa shape index (κ2) is 4.42. The molecule has 0 saturated heterocycles. The molecule has 2 aliphatic rings. The summed E-state index contributed by atoms with van der Waals surface area (Å²) in [6.07, 6.45) is 6.32. The van der Waals surface area contributed by atoms with E-state index < -0.39 is 0 Å². The Kier molecular flexibility index (Phi) is 3.41. The van der Waals surface area contributed by atoms with E-state index in [2.05, 4.69) is 38.3 Å². The Morgan fingerprint density at radius 2 is 1.41 bits per heavy atom. The minimum absolute atomic E-state index is 0.425. The quantitative estimate of drug-likeness (QED) is 0.740. The van der Waals surface area contributed by atoms with Crippen LogP contribution in [0.2, 0.25) is 0 Å². The Morgan fingerprint density at radius 3 is 1.88 bits per heavy atom. The molecule has 2 saturated carbocycles. The van der Waals surface area contributed by atoms with Gasteiger partial charge in [-0.25, -0.2) is 0 Å². The summed E-state index contributed by atoms with van der Waals surface area (Å²) in [6.45, 7) is 9.50. The van der Waals surface area contributed by atoms with Crippen LogP contribution >= 0.6 is 12.2 Å². The Bertz CT molecular complexity index is 289. The molecule has 0 radical (unpaired) electrons. The molecule has 2 fully saturated rings. The molecule has 0 aromatic carbocycles. The van der Waals surface area contributed by atoms with Gasteiger partial charge in [-0.3, -0.25) is 0 Å². The van der Waals surface area contributed by atoms with E-state index in [-0.39, 0.29) is 0 Å². The fraction of sp³-hybridized carbons (Fsp3) is 0.929. The third-order valence-electron chi connectivity index (χ3n) is 3.80. The smallest absolute Gasteiger partial charge is 0.166 e. The molecule has 17 heavy (non-hydrogen) atoms. The van der Waals surface area contributed by atoms with Crippen molar-refractivity contribution in [3.63, 3.8) is 0 Å². The highest BCUT2D eigenvalue weighted by Gasteiger charge is 2.38. The number of nitrogens with one attached hydrogen (secondary N) is 2. The Hall–Kier alpha value is -0.310. The molecule has 2 nitrogen and oxygen atoms in total. The first kappa shape index (κ1) is 13.1. The van der Waals surface area contributed by atoms with E-state index in [0.29, 0.717) is 22.9 Å². The fourth-order valence-corrected chi connectivity index (χ4v) is 3.92. The van der Waals surface area contributed by atoms with E-state index in [1.54, 1.807) is 0 Å². The first-order valence-corrected chi connectivity index (χ1v) is 7.24. The van der Waals surface area contributed by atoms with Crippen molar-refractivity contribution in [2.75, 3.05) is 0 Å². The second-order valence-corrected chi connectivity index (χ2v) is 7.91. The SMILES string of the molecule is CC1(C)CC(NC(=S)NC2CC2)CC(C)(C)C1. The van der Waals surface area contributed by atoms with E-state index in [0.717, 1.165) is 5.11 Å². The van der Waals surface area contributed by atoms with Crippen molar-refractivity contribution < 1.29 is 0 Å². The van der Waals surface area contributed by atoms with E-state index in [9.17, 15) is 0 Å². The van der Waals surface area contributed by atoms with Crippen LogP contribution in [0.15, 0.2) is 0 Å². The molecule has 2 N–H and O–H groups in total. The molecule has 2 aliphatic carbocycles. The van der Waals surface area contributed by atoms with Gasteiger partial charge in [-0.2, -0.15) is 0 Å². The second-order valence-electron chi connectivity index (χ2n) is 7.50. The van der Waals surface area contributed by atoms with Gasteiger partial charge in [0.15, 0.2) is 5.11 Å². The van der Waals surface area contributed by atoms with Crippen molar-refractivity contribution in [2.24, 2.45) is 10.8 Å². The van der Waals surface area contributed by atoms with Crippen LogP contribution in [0.5, 0.6) is 0 Å². The molecular weight excluding hydrogens is 228 g/mol. The number of rotatable bonds is 2. The van der Waals surface area contributed by atoms with Crippen LogP contribution < -0.4 is 10.6 Å². The summed E-state index contributed by atoms with van der Waals surface area (Å²) in [6, 6.07) is 1.19. The zero-order chi connectivity index (χ0) is 12.7. The third kappa shape index (κ3) is 4.13. The van der Waals surface area contributed by atoms with Gasteiger partial charge in [-0.15, -0.1) is 0 Å². The Morgan fingerprint density at radius 1 is 0.941 bits per heavy atom. The fourth-order valence-electron chi connectivity index (χ4n) is 3.59. The normalized spacial score (nSPS) is 27.5. The summed E-state index contributed by atoms with van der Waals surface area (Å²) >= 11 is 5.38. The van der Waals surface area contributed by atoms with Crippen LogP contribution in [0.1, 0.15) is 59.8 Å². The van der Waals surface area contributed by atoms with Crippen molar-refractivity contribution in [1.29, 1.82) is 0 Å². The summed E-state index contributed by atoms with van der Waals surface area (Å²) in [5.41, 5.74) is 0.850. The van der Waals surface area contributed by atoms with Gasteiger partial charge in [0.1, 0.15) is 0 Å². The first-order chi connectivity index (χ1) is 7.76. The van der Waals surface area contributed by atoms with Crippen molar-refractivity contribution >= 4 is 17.3 Å². The van der Waals surface area contributed by atoms with Gasteiger partial charge in [0.05, 0.1) is 0 Å². The maximum absolute atomic E-state index is 5.38. The van der Waals surface area contributed by atoms with Gasteiger partial charge in [0, 0.05) is 12.1 Å². The lowest BCUT2D eigenvalue weighted by Crippen LogP contribution is -2.49. The van der Waals surface area contributed by atoms with Gasteiger partial charge in [-0.1, -0.05) is 27.7 Å². The lowest BCUT2D eigenvalue weighted by atomic mass is 9.63. The van der Waals surface area contributed by atoms with E-state index >= 15 is 0 Å². The van der Waals surface area contributed by atoms with Crippen LogP contribution in [0.3, 0.4) is 0 Å². The van der Waals surface area contributed by atoms with Crippen molar-refractivity contribution in [1.82, 2.24) is 10.6 Å². The van der Waals surface area contributed by atoms with Crippen LogP contribution in [-0.2, 0) is 0 Å². The molecule has 0 atom stereocenters. The van der Waals surface area contributed by atoms with Crippen molar-refractivity contribution in [3.05, 3.63) is 0 Å². The summed E-state index contributed by atoms with van der Waals surface area (Å²) in [5.74, 6) is 0. The highest BCUT2D eigenvalue weighted by Crippen LogP contribution is 2.45. The zero-order valence-corrected chi connectivity index (χ0v) is 12.4. The standard InChI is InChI=1S/C14H26N2S/c1-13(2)7-11(8-14(3,4)9-13)16-12(17)15-10-5-6-10/h10-11H,5-9H2,1-4H3,(H2,15,16,17). The summed E-state index contributed by atoms with van der Waals surface area (Å²) in [5, 5.41) is 7.76. The molecule has 0 aliphatic heterocycles. The maximum atomic E-state index is 5.38. The van der Waals surface area contributed by atoms with Gasteiger partial charge >= 0.3 is 0 Å². The Labute approximate surface area is 111 Å². The predicted molar refractivity (Wildman–Crippen MR) is 77.1 cm³/mol. The van der Waals surface area contributed by atoms with E-state index in [4.69, 9.17) is 12.2 Å². The third-order valence-corrected chi connectivity index (χ3v) is 4.04. The van der Waals surface area contributed by atoms with E-state index in [1.807, 2.05) is 0 Å². The number of thiocarbonyl (C=S) groups is 1. The molecule has 0 spiro atoms. The largest absolute Gasteiger partial charge is 0.360 e. The Balaban J connectivity index is 1.88. The molecule has 0 amide bonds. The molecule has 0 aromatic heterocycles. The topological polar surface area (TPSA) is 24.1 Å². The highest BCUT2D eigenvalue weighted by atomic mass is 32.1. The predicted octanol–water partition coefficient (Wildman–Crippen LogP) is 3.22. The average Bonchev–Trinajstić information content (AvgIpc) is 2.80. The summed E-state index contributed by atoms with van der Waals surface area (Å²) in [4.78, 5) is 0. The van der Waals surface area contributed by atoms with Gasteiger partial charge in [0.2, 0.25) is 0 Å². The van der Waals surface area contributed by atoms with E-state index in [1.165, 1.54) is 32.1 Å². The minimum atomic E-state index is 0.425. The lowest BCUT2D eigenvalue weighted by Gasteiger charge is -2.45. The molecule has 2 rings (SSSR count). The minimum Gasteiger partial charge on any atom is -0.360 e. The van der Waals surface area contributed by atoms with Crippen LogP contribution in [-0.4, -0.2) is 17.2 Å². The van der Waals surface area contributed by atoms with Crippen LogP contribution in [0.4, 0.5) is 0 Å². The zero-order valence-electron chi connectivity index (χ0n) is 11.6. The molecular formula is C14H26N2S. The molecule has 0 aromatic rings. The van der Waals surface area contributed by atoms with Gasteiger partial charge < -0.3 is 10.6 Å². The molecule has 0 bridgehead atoms. The summed E-state index contributed by atoms with van der Waals surface area (Å²) in [7, 11) is 0. The van der Waals surface area contributed by atoms with Gasteiger partial charge in [0.25, 0.3) is 0 Å². The number of hydrogen-bond donors (Lipinski definition) is 2. The highest BCUT2D eigenvalue weighted by molar-refractivity contribution is 7.80. The molecule has 0 unspecified atom stereocenters. The molecule has 98 valence electrons. The average molecular weight is 254 g/mol. The molecule has 3 heteroatoms. The monoisotopic (exact) mass is 254 g/mol. The van der Waals surface area contributed by atoms with Crippen molar-refractivity contribution in [3.8, 4) is 0 Å². The maximum Gasteiger partial charge on any atom is 0.166 e. The molecule has 0 heterocycles. The van der Waals surface area contributed by atoms with Crippen LogP contribution in [0.25, 0.3) is 0 Å². The number of hydrogen-bond acceptors (Lipinski definition) is 1. The van der Waals surface area contributed by atoms with Crippen LogP contribution in [0, 0.1) is 10.8 Å². The lowest BCUT2D eigenvalue weighted by molar-refractivity contribution is 0.0921. The summed E-state index contributed by atoms with van der Waals surface area (Å²) < 4.78 is 0.